The molecule has 1 aliphatic heterocycles. The first-order chi connectivity index (χ1) is 9.28. The van der Waals surface area contributed by atoms with Crippen molar-refractivity contribution in [1.29, 1.82) is 0 Å². The number of hydrogen-bond acceptors (Lipinski definition) is 5. The number of carboxylic acids is 1. The van der Waals surface area contributed by atoms with Gasteiger partial charge < -0.3 is 14.7 Å². The number of nitrogens with zero attached hydrogens (tertiary/aromatic N) is 1. The van der Waals surface area contributed by atoms with Gasteiger partial charge in [-0.15, -0.1) is 0 Å². The molecule has 4 N–H and O–H groups in total. The Bertz CT molecular complexity index is 452. The van der Waals surface area contributed by atoms with Gasteiger partial charge in [-0.1, -0.05) is 0 Å². The molecular formula is C10H19N3O6S. The van der Waals surface area contributed by atoms with Crippen LogP contribution in [0.2, 0.25) is 0 Å². The topological polar surface area (TPSA) is 139 Å². The van der Waals surface area contributed by atoms with Gasteiger partial charge in [-0.2, -0.15) is 8.42 Å². The molecule has 0 aliphatic carbocycles. The number of piperidine rings is 1. The number of likely N-dealkylation sites (tertiary alicyclic amines) is 1. The van der Waals surface area contributed by atoms with Gasteiger partial charge in [0.05, 0.1) is 0 Å². The molecule has 20 heavy (non-hydrogen) atoms. The third-order valence-corrected chi connectivity index (χ3v) is 3.46. The van der Waals surface area contributed by atoms with Crippen LogP contribution in [0.4, 0.5) is 0 Å². The standard InChI is InChI=1S/C10H19N3O6S/c11-20(17,18)12-4-8-2-1-3-13(5-8)9(14)6-19-7-10(15)16/h8,12H,1-7H2,(H,15,16)(H2,11,17,18). The third kappa shape index (κ3) is 6.80. The summed E-state index contributed by atoms with van der Waals surface area (Å²) in [5.41, 5.74) is 0. The Kier molecular flexibility index (Phi) is 6.33. The van der Waals surface area contributed by atoms with Gasteiger partial charge in [-0.25, -0.2) is 14.7 Å². The van der Waals surface area contributed by atoms with E-state index in [1.807, 2.05) is 0 Å². The predicted molar refractivity (Wildman–Crippen MR) is 68.9 cm³/mol. The molecule has 10 heteroatoms. The van der Waals surface area contributed by atoms with E-state index in [4.69, 9.17) is 15.0 Å². The second kappa shape index (κ2) is 7.53. The fraction of sp³-hybridized carbons (Fsp3) is 0.800. The van der Waals surface area contributed by atoms with E-state index >= 15 is 0 Å². The molecule has 0 bridgehead atoms. The van der Waals surface area contributed by atoms with E-state index in [2.05, 4.69) is 4.72 Å². The van der Waals surface area contributed by atoms with Crippen molar-refractivity contribution in [2.24, 2.45) is 11.1 Å². The zero-order chi connectivity index (χ0) is 15.2. The quantitative estimate of drug-likeness (QED) is 0.503. The summed E-state index contributed by atoms with van der Waals surface area (Å²) in [5, 5.41) is 13.2. The fourth-order valence-corrected chi connectivity index (χ4v) is 2.48. The highest BCUT2D eigenvalue weighted by Gasteiger charge is 2.24. The lowest BCUT2D eigenvalue weighted by atomic mass is 9.98. The maximum absolute atomic E-state index is 11.8. The Hall–Kier alpha value is -1.23. The molecule has 1 unspecified atom stereocenters. The zero-order valence-electron chi connectivity index (χ0n) is 10.9. The molecule has 1 saturated heterocycles. The summed E-state index contributed by atoms with van der Waals surface area (Å²) in [7, 11) is -3.73. The summed E-state index contributed by atoms with van der Waals surface area (Å²) in [5.74, 6) is -1.44. The van der Waals surface area contributed by atoms with Crippen molar-refractivity contribution in [2.75, 3.05) is 32.8 Å². The largest absolute Gasteiger partial charge is 0.480 e. The molecule has 116 valence electrons. The van der Waals surface area contributed by atoms with Crippen LogP contribution >= 0.6 is 0 Å². The Morgan fingerprint density at radius 3 is 2.70 bits per heavy atom. The van der Waals surface area contributed by atoms with Crippen LogP contribution in [0.25, 0.3) is 0 Å². The van der Waals surface area contributed by atoms with Crippen LogP contribution < -0.4 is 9.86 Å². The minimum atomic E-state index is -3.73. The maximum atomic E-state index is 11.8. The first-order valence-electron chi connectivity index (χ1n) is 6.12. The van der Waals surface area contributed by atoms with Crippen LogP contribution in [-0.4, -0.2) is 63.1 Å². The molecule has 1 rings (SSSR count). The summed E-state index contributed by atoms with van der Waals surface area (Å²) in [6, 6.07) is 0. The highest BCUT2D eigenvalue weighted by atomic mass is 32.2. The number of rotatable bonds is 7. The summed E-state index contributed by atoms with van der Waals surface area (Å²) >= 11 is 0. The van der Waals surface area contributed by atoms with Crippen molar-refractivity contribution in [3.8, 4) is 0 Å². The molecule has 0 radical (unpaired) electrons. The minimum Gasteiger partial charge on any atom is -0.480 e. The first kappa shape index (κ1) is 16.8. The lowest BCUT2D eigenvalue weighted by Gasteiger charge is -2.32. The molecule has 1 amide bonds. The minimum absolute atomic E-state index is 0.00880. The average Bonchev–Trinajstić information content (AvgIpc) is 2.35. The molecule has 0 aromatic heterocycles. The normalized spacial score (nSPS) is 19.9. The van der Waals surface area contributed by atoms with Gasteiger partial charge in [0, 0.05) is 19.6 Å². The Morgan fingerprint density at radius 1 is 1.40 bits per heavy atom. The van der Waals surface area contributed by atoms with Gasteiger partial charge in [0.25, 0.3) is 10.2 Å². The van der Waals surface area contributed by atoms with Crippen LogP contribution in [0.3, 0.4) is 0 Å². The van der Waals surface area contributed by atoms with Crippen LogP contribution in [0.1, 0.15) is 12.8 Å². The average molecular weight is 309 g/mol. The number of carbonyl (C=O) groups excluding carboxylic acids is 1. The monoisotopic (exact) mass is 309 g/mol. The number of nitrogens with one attached hydrogen (secondary N) is 1. The summed E-state index contributed by atoms with van der Waals surface area (Å²) in [6.45, 7) is 0.329. The highest BCUT2D eigenvalue weighted by molar-refractivity contribution is 7.87. The molecule has 0 aromatic rings. The lowest BCUT2D eigenvalue weighted by molar-refractivity contribution is -0.146. The van der Waals surface area contributed by atoms with Crippen molar-refractivity contribution in [1.82, 2.24) is 9.62 Å². The van der Waals surface area contributed by atoms with Gasteiger partial charge >= 0.3 is 5.97 Å². The number of carboxylic acid groups (broad SMARTS) is 1. The van der Waals surface area contributed by atoms with Crippen molar-refractivity contribution in [3.05, 3.63) is 0 Å². The number of ether oxygens (including phenoxy) is 1. The van der Waals surface area contributed by atoms with Gasteiger partial charge in [0.1, 0.15) is 13.2 Å². The van der Waals surface area contributed by atoms with Gasteiger partial charge in [-0.05, 0) is 18.8 Å². The van der Waals surface area contributed by atoms with E-state index in [1.54, 1.807) is 4.90 Å². The molecule has 1 atom stereocenters. The molecule has 0 aromatic carbocycles. The van der Waals surface area contributed by atoms with E-state index in [0.717, 1.165) is 12.8 Å². The van der Waals surface area contributed by atoms with E-state index in [9.17, 15) is 18.0 Å². The Labute approximate surface area is 117 Å². The van der Waals surface area contributed by atoms with Crippen LogP contribution in [0.15, 0.2) is 0 Å². The van der Waals surface area contributed by atoms with Crippen LogP contribution in [0, 0.1) is 5.92 Å². The molecule has 1 heterocycles. The van der Waals surface area contributed by atoms with E-state index < -0.39 is 22.8 Å². The van der Waals surface area contributed by atoms with Gasteiger partial charge in [0.15, 0.2) is 0 Å². The van der Waals surface area contributed by atoms with E-state index in [1.165, 1.54) is 0 Å². The van der Waals surface area contributed by atoms with E-state index in [-0.39, 0.29) is 25.0 Å². The number of amides is 1. The van der Waals surface area contributed by atoms with Crippen molar-refractivity contribution < 1.29 is 27.9 Å². The molecule has 1 fully saturated rings. The second-order valence-corrected chi connectivity index (χ2v) is 6.01. The third-order valence-electron chi connectivity index (χ3n) is 2.90. The number of aliphatic carboxylic acids is 1. The lowest BCUT2D eigenvalue weighted by Crippen LogP contribution is -2.45. The zero-order valence-corrected chi connectivity index (χ0v) is 11.8. The molecular weight excluding hydrogens is 290 g/mol. The predicted octanol–water partition coefficient (Wildman–Crippen LogP) is -1.88. The van der Waals surface area contributed by atoms with Gasteiger partial charge in [0.2, 0.25) is 5.91 Å². The van der Waals surface area contributed by atoms with Crippen molar-refractivity contribution >= 4 is 22.1 Å². The number of nitrogens with two attached hydrogens (primary N) is 1. The van der Waals surface area contributed by atoms with Gasteiger partial charge in [-0.3, -0.25) is 4.79 Å². The smallest absolute Gasteiger partial charge is 0.329 e. The second-order valence-electron chi connectivity index (χ2n) is 4.63. The van der Waals surface area contributed by atoms with Crippen LogP contribution in [-0.2, 0) is 24.5 Å². The summed E-state index contributed by atoms with van der Waals surface area (Å²) in [4.78, 5) is 23.6. The summed E-state index contributed by atoms with van der Waals surface area (Å²) in [6.07, 6.45) is 1.55. The first-order valence-corrected chi connectivity index (χ1v) is 7.67. The molecule has 9 nitrogen and oxygen atoms in total. The van der Waals surface area contributed by atoms with Crippen molar-refractivity contribution in [3.63, 3.8) is 0 Å². The Morgan fingerprint density at radius 2 is 2.10 bits per heavy atom. The molecule has 0 saturated carbocycles. The van der Waals surface area contributed by atoms with E-state index in [0.29, 0.717) is 13.1 Å². The maximum Gasteiger partial charge on any atom is 0.329 e. The highest BCUT2D eigenvalue weighted by Crippen LogP contribution is 2.16. The number of carbonyl (C=O) groups is 2. The molecule has 1 aliphatic rings. The Balaban J connectivity index is 2.36. The molecule has 0 spiro atoms. The number of hydrogen-bond donors (Lipinski definition) is 3. The van der Waals surface area contributed by atoms with Crippen molar-refractivity contribution in [2.45, 2.75) is 12.8 Å². The fourth-order valence-electron chi connectivity index (χ4n) is 2.01. The van der Waals surface area contributed by atoms with Crippen LogP contribution in [0.5, 0.6) is 0 Å². The SMILES string of the molecule is NS(=O)(=O)NCC1CCCN(C(=O)COCC(=O)O)C1. The summed E-state index contributed by atoms with van der Waals surface area (Å²) < 4.78 is 28.6.